The van der Waals surface area contributed by atoms with Crippen LogP contribution in [0.3, 0.4) is 0 Å². The van der Waals surface area contributed by atoms with Gasteiger partial charge in [0.25, 0.3) is 0 Å². The molecule has 82 valence electrons. The third-order valence-corrected chi connectivity index (χ3v) is 4.83. The summed E-state index contributed by atoms with van der Waals surface area (Å²) in [7, 11) is 0. The van der Waals surface area contributed by atoms with Gasteiger partial charge in [0.1, 0.15) is 4.83 Å². The van der Waals surface area contributed by atoms with Crippen LogP contribution in [0.2, 0.25) is 0 Å². The molecule has 2 atom stereocenters. The minimum atomic E-state index is 0. The van der Waals surface area contributed by atoms with Crippen molar-refractivity contribution in [2.24, 2.45) is 0 Å². The van der Waals surface area contributed by atoms with E-state index in [9.17, 15) is 0 Å². The molecule has 2 heterocycles. The minimum Gasteiger partial charge on any atom is -0.271 e. The van der Waals surface area contributed by atoms with Crippen molar-refractivity contribution in [1.82, 2.24) is 4.90 Å². The molecule has 0 aromatic heterocycles. The molecule has 0 saturated carbocycles. The maximum atomic E-state index is 6.24. The predicted octanol–water partition coefficient (Wildman–Crippen LogP) is 3.10. The van der Waals surface area contributed by atoms with Gasteiger partial charge in [-0.05, 0) is 17.5 Å². The maximum absolute atomic E-state index is 6.24. The highest BCUT2D eigenvalue weighted by atomic mass is 35.5. The lowest BCUT2D eigenvalue weighted by molar-refractivity contribution is 0.222. The Labute approximate surface area is 106 Å². The molecule has 2 aliphatic rings. The first kappa shape index (κ1) is 11.6. The first-order chi connectivity index (χ1) is 6.84. The summed E-state index contributed by atoms with van der Waals surface area (Å²) in [5, 5.41) is 0. The van der Waals surface area contributed by atoms with Crippen molar-refractivity contribution in [2.75, 3.05) is 5.75 Å². The Kier molecular flexibility index (Phi) is 3.51. The fraction of sp³-hybridized carbons (Fsp3) is 0.455. The number of hydrogen-bond donors (Lipinski definition) is 0. The molecule has 0 amide bonds. The molecule has 15 heavy (non-hydrogen) atoms. The van der Waals surface area contributed by atoms with Crippen LogP contribution in [0.4, 0.5) is 0 Å². The van der Waals surface area contributed by atoms with E-state index < -0.39 is 0 Å². The van der Waals surface area contributed by atoms with E-state index in [1.165, 1.54) is 23.3 Å². The number of benzene rings is 1. The van der Waals surface area contributed by atoms with Crippen molar-refractivity contribution in [3.8, 4) is 0 Å². The zero-order valence-corrected chi connectivity index (χ0v) is 10.6. The van der Waals surface area contributed by atoms with Crippen LogP contribution < -0.4 is 0 Å². The van der Waals surface area contributed by atoms with Crippen molar-refractivity contribution in [1.29, 1.82) is 0 Å². The molecule has 0 N–H and O–H groups in total. The minimum absolute atomic E-state index is 0. The zero-order valence-electron chi connectivity index (χ0n) is 8.23. The van der Waals surface area contributed by atoms with Gasteiger partial charge < -0.3 is 0 Å². The third kappa shape index (κ3) is 2.01. The Balaban J connectivity index is 0.000000853. The summed E-state index contributed by atoms with van der Waals surface area (Å²) in [6.45, 7) is 1.03. The molecule has 1 nitrogen and oxygen atoms in total. The molecule has 0 bridgehead atoms. The van der Waals surface area contributed by atoms with E-state index in [1.54, 1.807) is 0 Å². The second kappa shape index (κ2) is 4.54. The van der Waals surface area contributed by atoms with Crippen LogP contribution in [0, 0.1) is 0 Å². The number of nitrogens with zero attached hydrogens (tertiary/aromatic N) is 1. The van der Waals surface area contributed by atoms with E-state index >= 15 is 0 Å². The standard InChI is InChI=1S/C11H12ClNS.ClH/c12-11-13-6-9-4-2-1-3-8(9)5-10(13)7-14-11;/h1-4,10-11H,5-7H2;1H/t10-,11?;/m0./s1. The summed E-state index contributed by atoms with van der Waals surface area (Å²) in [5.74, 6) is 1.18. The quantitative estimate of drug-likeness (QED) is 0.522. The van der Waals surface area contributed by atoms with Gasteiger partial charge in [-0.3, -0.25) is 4.90 Å². The summed E-state index contributed by atoms with van der Waals surface area (Å²) in [5.41, 5.74) is 2.97. The molecular weight excluding hydrogens is 249 g/mol. The summed E-state index contributed by atoms with van der Waals surface area (Å²) >= 11 is 8.11. The highest BCUT2D eigenvalue weighted by molar-refractivity contribution is 8.01. The smallest absolute Gasteiger partial charge is 0.132 e. The van der Waals surface area contributed by atoms with E-state index in [0.29, 0.717) is 6.04 Å². The highest BCUT2D eigenvalue weighted by Gasteiger charge is 2.35. The molecule has 1 unspecified atom stereocenters. The second-order valence-corrected chi connectivity index (χ2v) is 5.71. The van der Waals surface area contributed by atoms with Gasteiger partial charge in [-0.2, -0.15) is 0 Å². The predicted molar refractivity (Wildman–Crippen MR) is 68.8 cm³/mol. The van der Waals surface area contributed by atoms with Crippen LogP contribution in [0.1, 0.15) is 11.1 Å². The Bertz CT molecular complexity index is 358. The zero-order chi connectivity index (χ0) is 9.54. The number of rotatable bonds is 0. The van der Waals surface area contributed by atoms with Crippen LogP contribution >= 0.6 is 35.8 Å². The Morgan fingerprint density at radius 2 is 2.00 bits per heavy atom. The number of fused-ring (bicyclic) bond motifs is 2. The van der Waals surface area contributed by atoms with Crippen molar-refractivity contribution in [3.63, 3.8) is 0 Å². The molecule has 3 rings (SSSR count). The van der Waals surface area contributed by atoms with E-state index in [0.717, 1.165) is 6.54 Å². The normalized spacial score (nSPS) is 29.1. The van der Waals surface area contributed by atoms with Gasteiger partial charge >= 0.3 is 0 Å². The number of hydrogen-bond acceptors (Lipinski definition) is 2. The van der Waals surface area contributed by atoms with Crippen LogP contribution in [-0.2, 0) is 13.0 Å². The molecule has 0 spiro atoms. The van der Waals surface area contributed by atoms with Crippen LogP contribution in [0.5, 0.6) is 0 Å². The van der Waals surface area contributed by atoms with Crippen molar-refractivity contribution >= 4 is 35.8 Å². The molecule has 0 aliphatic carbocycles. The number of alkyl halides is 1. The van der Waals surface area contributed by atoms with Crippen molar-refractivity contribution < 1.29 is 0 Å². The Morgan fingerprint density at radius 1 is 1.27 bits per heavy atom. The largest absolute Gasteiger partial charge is 0.271 e. The Morgan fingerprint density at radius 3 is 2.80 bits per heavy atom. The van der Waals surface area contributed by atoms with Gasteiger partial charge in [0, 0.05) is 18.3 Å². The Hall–Kier alpha value is 0.110. The maximum Gasteiger partial charge on any atom is 0.132 e. The summed E-state index contributed by atoms with van der Waals surface area (Å²) < 4.78 is 0. The molecular formula is C11H13Cl2NS. The van der Waals surface area contributed by atoms with Gasteiger partial charge in [0.15, 0.2) is 0 Å². The molecule has 1 aromatic carbocycles. The molecule has 1 aromatic rings. The summed E-state index contributed by atoms with van der Waals surface area (Å²) in [6, 6.07) is 9.38. The monoisotopic (exact) mass is 261 g/mol. The van der Waals surface area contributed by atoms with Crippen molar-refractivity contribution in [2.45, 2.75) is 23.8 Å². The van der Waals surface area contributed by atoms with Gasteiger partial charge in [-0.15, -0.1) is 24.2 Å². The third-order valence-electron chi connectivity index (χ3n) is 3.08. The summed E-state index contributed by atoms with van der Waals surface area (Å²) in [4.78, 5) is 2.60. The van der Waals surface area contributed by atoms with Crippen LogP contribution in [0.15, 0.2) is 24.3 Å². The molecule has 4 heteroatoms. The van der Waals surface area contributed by atoms with E-state index in [1.807, 2.05) is 11.8 Å². The average Bonchev–Trinajstić information content (AvgIpc) is 2.57. The van der Waals surface area contributed by atoms with Crippen molar-refractivity contribution in [3.05, 3.63) is 35.4 Å². The first-order valence-electron chi connectivity index (χ1n) is 4.93. The topological polar surface area (TPSA) is 3.24 Å². The van der Waals surface area contributed by atoms with Gasteiger partial charge in [-0.1, -0.05) is 35.9 Å². The fourth-order valence-corrected chi connectivity index (χ4v) is 3.86. The van der Waals surface area contributed by atoms with Gasteiger partial charge in [0.2, 0.25) is 0 Å². The lowest BCUT2D eigenvalue weighted by Gasteiger charge is -2.32. The lowest BCUT2D eigenvalue weighted by atomic mass is 9.95. The highest BCUT2D eigenvalue weighted by Crippen LogP contribution is 2.37. The molecule has 2 aliphatic heterocycles. The van der Waals surface area contributed by atoms with Gasteiger partial charge in [0.05, 0.1) is 0 Å². The van der Waals surface area contributed by atoms with E-state index in [-0.39, 0.29) is 17.2 Å². The van der Waals surface area contributed by atoms with Gasteiger partial charge in [-0.25, -0.2) is 0 Å². The number of halogens is 2. The van der Waals surface area contributed by atoms with E-state index in [2.05, 4.69) is 29.2 Å². The van der Waals surface area contributed by atoms with Crippen LogP contribution in [0.25, 0.3) is 0 Å². The first-order valence-corrected chi connectivity index (χ1v) is 6.41. The number of thioether (sulfide) groups is 1. The average molecular weight is 262 g/mol. The van der Waals surface area contributed by atoms with Crippen LogP contribution in [-0.4, -0.2) is 21.5 Å². The fourth-order valence-electron chi connectivity index (χ4n) is 2.29. The molecule has 0 radical (unpaired) electrons. The second-order valence-electron chi connectivity index (χ2n) is 3.92. The summed E-state index contributed by atoms with van der Waals surface area (Å²) in [6.07, 6.45) is 1.17. The SMILES string of the molecule is Cl.ClC1SC[C@@H]2Cc3ccccc3CN12. The lowest BCUT2D eigenvalue weighted by Crippen LogP contribution is -2.39. The molecule has 1 saturated heterocycles. The molecule has 1 fully saturated rings. The van der Waals surface area contributed by atoms with E-state index in [4.69, 9.17) is 11.6 Å².